The summed E-state index contributed by atoms with van der Waals surface area (Å²) in [6.45, 7) is 1.67. The number of aromatic nitrogens is 1. The molecule has 0 aliphatic heterocycles. The minimum absolute atomic E-state index is 0.0175. The molecule has 0 atom stereocenters. The molecule has 1 aliphatic rings. The number of alkyl halides is 5. The third-order valence-electron chi connectivity index (χ3n) is 5.79. The average Bonchev–Trinajstić information content (AvgIpc) is 3.14. The van der Waals surface area contributed by atoms with Crippen molar-refractivity contribution in [2.75, 3.05) is 4.72 Å². The second-order valence-electron chi connectivity index (χ2n) is 8.48. The Morgan fingerprint density at radius 3 is 2.19 bits per heavy atom. The van der Waals surface area contributed by atoms with Crippen LogP contribution in [0, 0.1) is 18.6 Å². The van der Waals surface area contributed by atoms with E-state index >= 15 is 0 Å². The van der Waals surface area contributed by atoms with Gasteiger partial charge in [-0.25, -0.2) is 38.4 Å². The first-order valence-electron chi connectivity index (χ1n) is 10.4. The monoisotopic (exact) mass is 570 g/mol. The Bertz CT molecular complexity index is 1600. The maximum atomic E-state index is 14.3. The topological polar surface area (TPSA) is 85.2 Å². The molecule has 0 bridgehead atoms. The van der Waals surface area contributed by atoms with Gasteiger partial charge in [-0.05, 0) is 37.1 Å². The number of rotatable bonds is 5. The van der Waals surface area contributed by atoms with E-state index in [0.717, 1.165) is 0 Å². The Hall–Kier alpha value is -3.07. The zero-order chi connectivity index (χ0) is 27.6. The highest BCUT2D eigenvalue weighted by molar-refractivity contribution is 7.93. The van der Waals surface area contributed by atoms with E-state index in [-0.39, 0.29) is 22.6 Å². The minimum atomic E-state index is -5.26. The number of sulfonamides is 1. The lowest BCUT2D eigenvalue weighted by atomic mass is 9.95. The molecule has 6 nitrogen and oxygen atoms in total. The predicted molar refractivity (Wildman–Crippen MR) is 117 cm³/mol. The van der Waals surface area contributed by atoms with Crippen molar-refractivity contribution >= 4 is 25.7 Å². The molecule has 0 fully saturated rings. The molecule has 1 N–H and O–H groups in total. The molecule has 0 spiro atoms. The molecule has 0 radical (unpaired) electrons. The number of halogens is 7. The van der Waals surface area contributed by atoms with Crippen molar-refractivity contribution in [2.45, 2.75) is 48.1 Å². The molecule has 37 heavy (non-hydrogen) atoms. The van der Waals surface area contributed by atoms with E-state index in [0.29, 0.717) is 15.7 Å². The lowest BCUT2D eigenvalue weighted by Crippen LogP contribution is -2.29. The Morgan fingerprint density at radius 1 is 0.973 bits per heavy atom. The van der Waals surface area contributed by atoms with Crippen LogP contribution in [0.25, 0.3) is 0 Å². The normalized spacial score (nSPS) is 15.9. The zero-order valence-electron chi connectivity index (χ0n) is 18.7. The highest BCUT2D eigenvalue weighted by Gasteiger charge is 2.42. The van der Waals surface area contributed by atoms with Crippen molar-refractivity contribution in [3.63, 3.8) is 0 Å². The number of benzene rings is 2. The fourth-order valence-electron chi connectivity index (χ4n) is 3.94. The molecule has 4 rings (SSSR count). The molecule has 1 aromatic heterocycles. The van der Waals surface area contributed by atoms with Crippen molar-refractivity contribution < 1.29 is 47.6 Å². The minimum Gasteiger partial charge on any atom is -0.276 e. The van der Waals surface area contributed by atoms with Crippen molar-refractivity contribution in [1.82, 2.24) is 3.97 Å². The second-order valence-corrected chi connectivity index (χ2v) is 11.9. The molecular formula is C22H17F7N2O4S2. The summed E-state index contributed by atoms with van der Waals surface area (Å²) in [5, 5.41) is 0. The number of nitrogens with one attached hydrogen (secondary N) is 1. The molecule has 1 aliphatic carbocycles. The van der Waals surface area contributed by atoms with E-state index in [4.69, 9.17) is 0 Å². The maximum Gasteiger partial charge on any atom is 0.419 e. The van der Waals surface area contributed by atoms with Gasteiger partial charge in [0, 0.05) is 24.4 Å². The fraction of sp³-hybridized carbons (Fsp3) is 0.273. The second kappa shape index (κ2) is 8.75. The lowest BCUT2D eigenvalue weighted by Gasteiger charge is -2.24. The van der Waals surface area contributed by atoms with Crippen LogP contribution < -0.4 is 4.72 Å². The molecule has 200 valence electrons. The van der Waals surface area contributed by atoms with E-state index < -0.39 is 84.9 Å². The van der Waals surface area contributed by atoms with Gasteiger partial charge in [-0.3, -0.25) is 4.72 Å². The summed E-state index contributed by atoms with van der Waals surface area (Å²) in [6.07, 6.45) is -7.19. The molecule has 3 aromatic rings. The number of aryl methyl sites for hydroxylation is 1. The summed E-state index contributed by atoms with van der Waals surface area (Å²) in [4.78, 5) is -1.13. The van der Waals surface area contributed by atoms with Crippen LogP contribution in [0.5, 0.6) is 0 Å². The number of hydrogen-bond acceptors (Lipinski definition) is 4. The van der Waals surface area contributed by atoms with Crippen LogP contribution in [-0.4, -0.2) is 26.7 Å². The first-order chi connectivity index (χ1) is 16.9. The van der Waals surface area contributed by atoms with E-state index in [1.807, 2.05) is 0 Å². The van der Waals surface area contributed by atoms with Gasteiger partial charge in [0.25, 0.3) is 26.0 Å². The third-order valence-corrected chi connectivity index (χ3v) is 8.92. The molecular weight excluding hydrogens is 553 g/mol. The Labute approximate surface area is 206 Å². The molecule has 15 heteroatoms. The van der Waals surface area contributed by atoms with Gasteiger partial charge in [-0.15, -0.1) is 0 Å². The van der Waals surface area contributed by atoms with Crippen LogP contribution in [0.15, 0.2) is 52.4 Å². The van der Waals surface area contributed by atoms with Gasteiger partial charge in [0.1, 0.15) is 16.5 Å². The maximum absolute atomic E-state index is 14.3. The van der Waals surface area contributed by atoms with Gasteiger partial charge < -0.3 is 0 Å². The Balaban J connectivity index is 1.84. The largest absolute Gasteiger partial charge is 0.419 e. The van der Waals surface area contributed by atoms with Gasteiger partial charge >= 0.3 is 6.18 Å². The molecule has 1 heterocycles. The fourth-order valence-corrected chi connectivity index (χ4v) is 6.77. The van der Waals surface area contributed by atoms with Gasteiger partial charge in [0.15, 0.2) is 0 Å². The number of hydrogen-bond donors (Lipinski definition) is 1. The van der Waals surface area contributed by atoms with Crippen molar-refractivity contribution in [2.24, 2.45) is 0 Å². The van der Waals surface area contributed by atoms with Crippen molar-refractivity contribution in [1.29, 1.82) is 0 Å². The summed E-state index contributed by atoms with van der Waals surface area (Å²) in [6, 6.07) is 5.03. The van der Waals surface area contributed by atoms with Crippen molar-refractivity contribution in [3.8, 4) is 0 Å². The van der Waals surface area contributed by atoms with E-state index in [1.165, 1.54) is 24.3 Å². The van der Waals surface area contributed by atoms with Gasteiger partial charge in [0.2, 0.25) is 0 Å². The average molecular weight is 571 g/mol. The lowest BCUT2D eigenvalue weighted by molar-refractivity contribution is -0.140. The first-order valence-corrected chi connectivity index (χ1v) is 13.4. The van der Waals surface area contributed by atoms with Crippen LogP contribution in [0.1, 0.15) is 28.8 Å². The van der Waals surface area contributed by atoms with Crippen LogP contribution in [-0.2, 0) is 39.1 Å². The molecule has 0 saturated carbocycles. The summed E-state index contributed by atoms with van der Waals surface area (Å²) in [5.41, 5.74) is -3.27. The quantitative estimate of drug-likeness (QED) is 0.425. The number of fused-ring (bicyclic) bond motifs is 1. The zero-order valence-corrected chi connectivity index (χ0v) is 20.3. The predicted octanol–water partition coefficient (Wildman–Crippen LogP) is 5.26. The van der Waals surface area contributed by atoms with Gasteiger partial charge in [-0.1, -0.05) is 17.7 Å². The third kappa shape index (κ3) is 5.06. The summed E-state index contributed by atoms with van der Waals surface area (Å²) >= 11 is 0. The Morgan fingerprint density at radius 2 is 1.59 bits per heavy atom. The standard InChI is InChI=1S/C22H17F7N2O4S2/c1-12-2-4-13(5-3-12)37(34,35)31-11-20(14-6-7-21(25,26)10-19(14)31)36(32,33)30-18-9-16(23)15(8-17(18)24)22(27,28)29/h2-5,8-9,11,30H,6-7,10H2,1H3. The van der Waals surface area contributed by atoms with Crippen molar-refractivity contribution in [3.05, 3.63) is 76.6 Å². The highest BCUT2D eigenvalue weighted by atomic mass is 32.2. The highest BCUT2D eigenvalue weighted by Crippen LogP contribution is 2.40. The van der Waals surface area contributed by atoms with Crippen LogP contribution in [0.2, 0.25) is 0 Å². The van der Waals surface area contributed by atoms with Gasteiger partial charge in [-0.2, -0.15) is 13.2 Å². The first kappa shape index (κ1) is 27.0. The van der Waals surface area contributed by atoms with E-state index in [1.54, 1.807) is 11.6 Å². The number of nitrogens with zero attached hydrogens (tertiary/aromatic N) is 1. The van der Waals surface area contributed by atoms with Crippen LogP contribution in [0.4, 0.5) is 36.4 Å². The Kier molecular flexibility index (Phi) is 6.38. The molecule has 0 saturated heterocycles. The van der Waals surface area contributed by atoms with Crippen LogP contribution in [0.3, 0.4) is 0 Å². The summed E-state index contributed by atoms with van der Waals surface area (Å²) < 4.78 is 150. The SMILES string of the molecule is Cc1ccc(S(=O)(=O)n2cc(S(=O)(=O)Nc3cc(F)c(C(F)(F)F)cc3F)c3c2CC(F)(F)CC3)cc1. The van der Waals surface area contributed by atoms with Gasteiger partial charge in [0.05, 0.1) is 22.6 Å². The summed E-state index contributed by atoms with van der Waals surface area (Å²) in [7, 11) is -9.54. The van der Waals surface area contributed by atoms with E-state index in [9.17, 15) is 47.6 Å². The van der Waals surface area contributed by atoms with E-state index in [2.05, 4.69) is 0 Å². The molecule has 0 unspecified atom stereocenters. The molecule has 0 amide bonds. The smallest absolute Gasteiger partial charge is 0.276 e. The van der Waals surface area contributed by atoms with Crippen LogP contribution >= 0.6 is 0 Å². The molecule has 2 aromatic carbocycles. The number of anilines is 1. The summed E-state index contributed by atoms with van der Waals surface area (Å²) in [5.74, 6) is -7.08.